The molecule has 1 saturated heterocycles. The van der Waals surface area contributed by atoms with Crippen molar-refractivity contribution in [3.63, 3.8) is 0 Å². The summed E-state index contributed by atoms with van der Waals surface area (Å²) in [5, 5.41) is 0. The molecule has 3 nitrogen and oxygen atoms in total. The molecule has 0 amide bonds. The van der Waals surface area contributed by atoms with E-state index in [1.165, 1.54) is 12.8 Å². The second-order valence-corrected chi connectivity index (χ2v) is 4.76. The van der Waals surface area contributed by atoms with Crippen LogP contribution in [-0.2, 0) is 9.53 Å². The first kappa shape index (κ1) is 11.1. The van der Waals surface area contributed by atoms with Crippen LogP contribution in [0.2, 0.25) is 0 Å². The van der Waals surface area contributed by atoms with Crippen molar-refractivity contribution >= 4 is 5.78 Å². The molecule has 86 valence electrons. The van der Waals surface area contributed by atoms with Crippen molar-refractivity contribution in [3.05, 3.63) is 0 Å². The molecular weight excluding hydrogens is 190 g/mol. The SMILES string of the molecule is CC(=O)C1CCC(N2CCOCC2)CC1. The first-order valence-corrected chi connectivity index (χ1v) is 6.09. The molecule has 0 aromatic carbocycles. The van der Waals surface area contributed by atoms with Gasteiger partial charge in [0.25, 0.3) is 0 Å². The van der Waals surface area contributed by atoms with Crippen LogP contribution in [0.15, 0.2) is 0 Å². The highest BCUT2D eigenvalue weighted by atomic mass is 16.5. The summed E-state index contributed by atoms with van der Waals surface area (Å²) in [5.74, 6) is 0.734. The molecule has 1 aliphatic heterocycles. The summed E-state index contributed by atoms with van der Waals surface area (Å²) in [7, 11) is 0. The lowest BCUT2D eigenvalue weighted by atomic mass is 9.83. The molecule has 15 heavy (non-hydrogen) atoms. The van der Waals surface area contributed by atoms with Gasteiger partial charge in [-0.3, -0.25) is 9.69 Å². The molecule has 0 atom stereocenters. The van der Waals surface area contributed by atoms with Crippen LogP contribution >= 0.6 is 0 Å². The lowest BCUT2D eigenvalue weighted by molar-refractivity contribution is -0.122. The van der Waals surface area contributed by atoms with Gasteiger partial charge >= 0.3 is 0 Å². The Labute approximate surface area is 91.8 Å². The van der Waals surface area contributed by atoms with E-state index >= 15 is 0 Å². The van der Waals surface area contributed by atoms with Crippen molar-refractivity contribution in [2.45, 2.75) is 38.6 Å². The molecule has 0 aromatic rings. The van der Waals surface area contributed by atoms with Crippen LogP contribution in [0.3, 0.4) is 0 Å². The molecule has 0 N–H and O–H groups in total. The number of nitrogens with zero attached hydrogens (tertiary/aromatic N) is 1. The van der Waals surface area contributed by atoms with Gasteiger partial charge in [-0.1, -0.05) is 0 Å². The molecule has 1 aliphatic carbocycles. The summed E-state index contributed by atoms with van der Waals surface area (Å²) >= 11 is 0. The maximum absolute atomic E-state index is 11.2. The Morgan fingerprint density at radius 1 is 1.13 bits per heavy atom. The van der Waals surface area contributed by atoms with Crippen LogP contribution in [0.1, 0.15) is 32.6 Å². The van der Waals surface area contributed by atoms with Crippen molar-refractivity contribution in [2.75, 3.05) is 26.3 Å². The average molecular weight is 211 g/mol. The van der Waals surface area contributed by atoms with Crippen LogP contribution in [-0.4, -0.2) is 43.0 Å². The molecule has 0 bridgehead atoms. The Hall–Kier alpha value is -0.410. The molecule has 1 heterocycles. The van der Waals surface area contributed by atoms with Crippen molar-refractivity contribution in [2.24, 2.45) is 5.92 Å². The number of rotatable bonds is 2. The van der Waals surface area contributed by atoms with Crippen LogP contribution in [0.4, 0.5) is 0 Å². The van der Waals surface area contributed by atoms with Crippen molar-refractivity contribution in [1.82, 2.24) is 4.90 Å². The summed E-state index contributed by atoms with van der Waals surface area (Å²) in [6.45, 7) is 5.66. The molecule has 1 saturated carbocycles. The first-order valence-electron chi connectivity index (χ1n) is 6.09. The topological polar surface area (TPSA) is 29.5 Å². The van der Waals surface area contributed by atoms with Gasteiger partial charge < -0.3 is 4.74 Å². The highest BCUT2D eigenvalue weighted by Gasteiger charge is 2.28. The van der Waals surface area contributed by atoms with Crippen molar-refractivity contribution < 1.29 is 9.53 Å². The Kier molecular flexibility index (Phi) is 3.76. The molecule has 0 spiro atoms. The number of morpholine rings is 1. The zero-order chi connectivity index (χ0) is 10.7. The summed E-state index contributed by atoms with van der Waals surface area (Å²) < 4.78 is 5.35. The highest BCUT2D eigenvalue weighted by Crippen LogP contribution is 2.28. The zero-order valence-electron chi connectivity index (χ0n) is 9.58. The predicted molar refractivity (Wildman–Crippen MR) is 58.8 cm³/mol. The Bertz CT molecular complexity index is 216. The third-order valence-corrected chi connectivity index (χ3v) is 3.83. The Balaban J connectivity index is 1.79. The van der Waals surface area contributed by atoms with E-state index in [1.807, 2.05) is 0 Å². The predicted octanol–water partition coefficient (Wildman–Crippen LogP) is 1.47. The van der Waals surface area contributed by atoms with Crippen LogP contribution in [0, 0.1) is 5.92 Å². The third-order valence-electron chi connectivity index (χ3n) is 3.83. The minimum absolute atomic E-state index is 0.349. The number of hydrogen-bond acceptors (Lipinski definition) is 3. The van der Waals surface area contributed by atoms with Crippen LogP contribution in [0.25, 0.3) is 0 Å². The van der Waals surface area contributed by atoms with Gasteiger partial charge in [-0.2, -0.15) is 0 Å². The second-order valence-electron chi connectivity index (χ2n) is 4.76. The zero-order valence-corrected chi connectivity index (χ0v) is 9.58. The van der Waals surface area contributed by atoms with E-state index in [0.717, 1.165) is 39.1 Å². The number of Topliss-reactive ketones (excluding diaryl/α,β-unsaturated/α-hetero) is 1. The van der Waals surface area contributed by atoms with Crippen LogP contribution in [0.5, 0.6) is 0 Å². The molecule has 0 radical (unpaired) electrons. The molecular formula is C12H21NO2. The van der Waals surface area contributed by atoms with E-state index in [9.17, 15) is 4.79 Å². The maximum atomic E-state index is 11.2. The lowest BCUT2D eigenvalue weighted by Gasteiger charge is -2.38. The lowest BCUT2D eigenvalue weighted by Crippen LogP contribution is -2.45. The summed E-state index contributed by atoms with van der Waals surface area (Å²) in [6.07, 6.45) is 4.59. The van der Waals surface area contributed by atoms with E-state index in [1.54, 1.807) is 6.92 Å². The van der Waals surface area contributed by atoms with E-state index < -0.39 is 0 Å². The Morgan fingerprint density at radius 2 is 1.73 bits per heavy atom. The number of ketones is 1. The van der Waals surface area contributed by atoms with E-state index in [2.05, 4.69) is 4.90 Å². The molecule has 3 heteroatoms. The quantitative estimate of drug-likeness (QED) is 0.692. The van der Waals surface area contributed by atoms with E-state index in [0.29, 0.717) is 17.7 Å². The average Bonchev–Trinajstić information content (AvgIpc) is 2.30. The minimum Gasteiger partial charge on any atom is -0.379 e. The fraction of sp³-hybridized carbons (Fsp3) is 0.917. The molecule has 2 rings (SSSR count). The van der Waals surface area contributed by atoms with Gasteiger partial charge in [-0.25, -0.2) is 0 Å². The van der Waals surface area contributed by atoms with Gasteiger partial charge in [0, 0.05) is 25.0 Å². The van der Waals surface area contributed by atoms with Gasteiger partial charge in [-0.15, -0.1) is 0 Å². The first-order chi connectivity index (χ1) is 7.27. The monoisotopic (exact) mass is 211 g/mol. The molecule has 2 fully saturated rings. The van der Waals surface area contributed by atoms with Gasteiger partial charge in [0.2, 0.25) is 0 Å². The van der Waals surface area contributed by atoms with Gasteiger partial charge in [0.1, 0.15) is 5.78 Å². The summed E-state index contributed by atoms with van der Waals surface area (Å²) in [6, 6.07) is 0.712. The number of carbonyl (C=O) groups is 1. The fourth-order valence-corrected chi connectivity index (χ4v) is 2.79. The summed E-state index contributed by atoms with van der Waals surface area (Å²) in [5.41, 5.74) is 0. The molecule has 0 aromatic heterocycles. The van der Waals surface area contributed by atoms with Gasteiger partial charge in [0.15, 0.2) is 0 Å². The fourth-order valence-electron chi connectivity index (χ4n) is 2.79. The largest absolute Gasteiger partial charge is 0.379 e. The van der Waals surface area contributed by atoms with Crippen LogP contribution < -0.4 is 0 Å². The Morgan fingerprint density at radius 3 is 2.27 bits per heavy atom. The summed E-state index contributed by atoms with van der Waals surface area (Å²) in [4.78, 5) is 13.8. The number of carbonyl (C=O) groups excluding carboxylic acids is 1. The maximum Gasteiger partial charge on any atom is 0.132 e. The van der Waals surface area contributed by atoms with Crippen molar-refractivity contribution in [1.29, 1.82) is 0 Å². The smallest absolute Gasteiger partial charge is 0.132 e. The van der Waals surface area contributed by atoms with E-state index in [4.69, 9.17) is 4.74 Å². The molecule has 2 aliphatic rings. The normalized spacial score (nSPS) is 33.9. The van der Waals surface area contributed by atoms with Gasteiger partial charge in [0.05, 0.1) is 13.2 Å². The van der Waals surface area contributed by atoms with Crippen molar-refractivity contribution in [3.8, 4) is 0 Å². The third kappa shape index (κ3) is 2.79. The number of ether oxygens (including phenoxy) is 1. The second kappa shape index (κ2) is 5.08. The highest BCUT2D eigenvalue weighted by molar-refractivity contribution is 5.78. The van der Waals surface area contributed by atoms with Gasteiger partial charge in [-0.05, 0) is 32.6 Å². The minimum atomic E-state index is 0.349. The molecule has 0 unspecified atom stereocenters. The standard InChI is InChI=1S/C12H21NO2/c1-10(14)11-2-4-12(5-3-11)13-6-8-15-9-7-13/h11-12H,2-9H2,1H3. The number of hydrogen-bond donors (Lipinski definition) is 0. The van der Waals surface area contributed by atoms with E-state index in [-0.39, 0.29) is 0 Å².